The molecular formula is C11H14N4. The van der Waals surface area contributed by atoms with Crippen LogP contribution in [0.15, 0.2) is 18.3 Å². The van der Waals surface area contributed by atoms with E-state index in [0.29, 0.717) is 17.4 Å². The van der Waals surface area contributed by atoms with E-state index < -0.39 is 0 Å². The third-order valence-corrected chi connectivity index (χ3v) is 2.57. The number of rotatable bonds is 2. The molecule has 0 spiro atoms. The van der Waals surface area contributed by atoms with Crippen molar-refractivity contribution in [3.63, 3.8) is 0 Å². The second-order valence-corrected chi connectivity index (χ2v) is 3.70. The first kappa shape index (κ1) is 9.94. The molecule has 0 aromatic carbocycles. The van der Waals surface area contributed by atoms with Crippen LogP contribution in [0.25, 0.3) is 0 Å². The minimum absolute atomic E-state index is 0.390. The van der Waals surface area contributed by atoms with E-state index >= 15 is 0 Å². The fraction of sp³-hybridized carbons (Fsp3) is 0.455. The molecule has 4 heteroatoms. The smallest absolute Gasteiger partial charge is 0.144 e. The van der Waals surface area contributed by atoms with Crippen LogP contribution in [0.2, 0.25) is 0 Å². The van der Waals surface area contributed by atoms with Gasteiger partial charge in [-0.25, -0.2) is 4.98 Å². The van der Waals surface area contributed by atoms with Crippen molar-refractivity contribution in [1.29, 1.82) is 5.26 Å². The Morgan fingerprint density at radius 2 is 2.53 bits per heavy atom. The van der Waals surface area contributed by atoms with Crippen molar-refractivity contribution in [1.82, 2.24) is 10.3 Å². The zero-order valence-corrected chi connectivity index (χ0v) is 8.53. The van der Waals surface area contributed by atoms with E-state index in [2.05, 4.69) is 21.7 Å². The minimum atomic E-state index is 0.390. The van der Waals surface area contributed by atoms with Gasteiger partial charge < -0.3 is 10.6 Å². The van der Waals surface area contributed by atoms with E-state index in [-0.39, 0.29) is 0 Å². The molecule has 1 saturated heterocycles. The van der Waals surface area contributed by atoms with E-state index in [1.54, 1.807) is 18.3 Å². The van der Waals surface area contributed by atoms with Crippen molar-refractivity contribution in [2.45, 2.75) is 18.9 Å². The molecule has 2 heterocycles. The molecule has 78 valence electrons. The number of piperidine rings is 1. The average molecular weight is 202 g/mol. The van der Waals surface area contributed by atoms with Gasteiger partial charge in [-0.1, -0.05) is 0 Å². The topological polar surface area (TPSA) is 60.7 Å². The zero-order chi connectivity index (χ0) is 10.5. The van der Waals surface area contributed by atoms with Crippen molar-refractivity contribution in [3.8, 4) is 6.07 Å². The highest BCUT2D eigenvalue weighted by Crippen LogP contribution is 2.13. The van der Waals surface area contributed by atoms with E-state index in [9.17, 15) is 0 Å². The molecular weight excluding hydrogens is 188 g/mol. The van der Waals surface area contributed by atoms with Crippen LogP contribution < -0.4 is 10.6 Å². The second-order valence-electron chi connectivity index (χ2n) is 3.70. The first-order chi connectivity index (χ1) is 7.40. The molecule has 0 radical (unpaired) electrons. The summed E-state index contributed by atoms with van der Waals surface area (Å²) in [6.07, 6.45) is 4.01. The third kappa shape index (κ3) is 2.45. The lowest BCUT2D eigenvalue weighted by Gasteiger charge is -2.24. The largest absolute Gasteiger partial charge is 0.365 e. The van der Waals surface area contributed by atoms with Crippen LogP contribution >= 0.6 is 0 Å². The monoisotopic (exact) mass is 202 g/mol. The summed E-state index contributed by atoms with van der Waals surface area (Å²) in [5.41, 5.74) is 0.614. The quantitative estimate of drug-likeness (QED) is 0.754. The second kappa shape index (κ2) is 4.76. The molecule has 1 unspecified atom stereocenters. The molecule has 1 aromatic heterocycles. The minimum Gasteiger partial charge on any atom is -0.365 e. The lowest BCUT2D eigenvalue weighted by atomic mass is 10.1. The highest BCUT2D eigenvalue weighted by Gasteiger charge is 2.14. The fourth-order valence-corrected chi connectivity index (χ4v) is 1.78. The Kier molecular flexibility index (Phi) is 3.15. The van der Waals surface area contributed by atoms with Crippen molar-refractivity contribution < 1.29 is 0 Å². The summed E-state index contributed by atoms with van der Waals surface area (Å²) in [5, 5.41) is 15.5. The van der Waals surface area contributed by atoms with Gasteiger partial charge in [0.1, 0.15) is 11.9 Å². The number of nitrogens with zero attached hydrogens (tertiary/aromatic N) is 2. The Bertz CT molecular complexity index is 363. The number of anilines is 1. The Morgan fingerprint density at radius 1 is 1.60 bits per heavy atom. The van der Waals surface area contributed by atoms with Gasteiger partial charge in [0.25, 0.3) is 0 Å². The van der Waals surface area contributed by atoms with Crippen LogP contribution in [-0.2, 0) is 0 Å². The van der Waals surface area contributed by atoms with E-state index in [1.165, 1.54) is 6.42 Å². The van der Waals surface area contributed by atoms with Crippen molar-refractivity contribution in [2.24, 2.45) is 0 Å². The predicted octanol–water partition coefficient (Wildman–Crippen LogP) is 1.12. The first-order valence-corrected chi connectivity index (χ1v) is 5.22. The van der Waals surface area contributed by atoms with E-state index in [4.69, 9.17) is 5.26 Å². The number of nitriles is 1. The van der Waals surface area contributed by atoms with Gasteiger partial charge in [-0.15, -0.1) is 0 Å². The molecule has 1 aliphatic rings. The average Bonchev–Trinajstić information content (AvgIpc) is 2.31. The van der Waals surface area contributed by atoms with E-state index in [1.807, 2.05) is 0 Å². The summed E-state index contributed by atoms with van der Waals surface area (Å²) in [4.78, 5) is 4.18. The Labute approximate surface area is 89.3 Å². The van der Waals surface area contributed by atoms with Gasteiger partial charge in [0.05, 0.1) is 5.56 Å². The van der Waals surface area contributed by atoms with Gasteiger partial charge in [-0.05, 0) is 31.5 Å². The molecule has 0 amide bonds. The van der Waals surface area contributed by atoms with Crippen LogP contribution in [0.5, 0.6) is 0 Å². The predicted molar refractivity (Wildman–Crippen MR) is 58.5 cm³/mol. The molecule has 1 aliphatic heterocycles. The summed E-state index contributed by atoms with van der Waals surface area (Å²) >= 11 is 0. The highest BCUT2D eigenvalue weighted by atomic mass is 15.1. The maximum atomic E-state index is 8.90. The van der Waals surface area contributed by atoms with Gasteiger partial charge in [0.15, 0.2) is 0 Å². The molecule has 4 nitrogen and oxygen atoms in total. The molecule has 0 saturated carbocycles. The van der Waals surface area contributed by atoms with E-state index in [0.717, 1.165) is 19.5 Å². The Hall–Kier alpha value is -1.60. The zero-order valence-electron chi connectivity index (χ0n) is 8.53. The summed E-state index contributed by atoms with van der Waals surface area (Å²) in [5.74, 6) is 0.703. The summed E-state index contributed by atoms with van der Waals surface area (Å²) in [6, 6.07) is 6.09. The van der Waals surface area contributed by atoms with Crippen molar-refractivity contribution in [3.05, 3.63) is 23.9 Å². The molecule has 0 aliphatic carbocycles. The van der Waals surface area contributed by atoms with Gasteiger partial charge in [-0.3, -0.25) is 0 Å². The number of pyridine rings is 1. The normalized spacial score (nSPS) is 20.6. The van der Waals surface area contributed by atoms with Gasteiger partial charge >= 0.3 is 0 Å². The van der Waals surface area contributed by atoms with Gasteiger partial charge in [-0.2, -0.15) is 5.26 Å². The number of aromatic nitrogens is 1. The maximum Gasteiger partial charge on any atom is 0.144 e. The molecule has 1 atom stereocenters. The van der Waals surface area contributed by atoms with Crippen LogP contribution in [0.1, 0.15) is 18.4 Å². The molecule has 15 heavy (non-hydrogen) atoms. The van der Waals surface area contributed by atoms with Crippen molar-refractivity contribution in [2.75, 3.05) is 18.4 Å². The van der Waals surface area contributed by atoms with Crippen LogP contribution in [0.3, 0.4) is 0 Å². The van der Waals surface area contributed by atoms with Crippen LogP contribution in [0.4, 0.5) is 5.82 Å². The fourth-order valence-electron chi connectivity index (χ4n) is 1.78. The summed E-state index contributed by atoms with van der Waals surface area (Å²) in [7, 11) is 0. The Balaban J connectivity index is 2.06. The Morgan fingerprint density at radius 3 is 3.27 bits per heavy atom. The standard InChI is InChI=1S/C11H14N4/c12-7-9-3-1-6-14-11(9)15-10-4-2-5-13-8-10/h1,3,6,10,13H,2,4-5,8H2,(H,14,15). The maximum absolute atomic E-state index is 8.90. The number of hydrogen-bond donors (Lipinski definition) is 2. The summed E-state index contributed by atoms with van der Waals surface area (Å²) < 4.78 is 0. The highest BCUT2D eigenvalue weighted by molar-refractivity contribution is 5.51. The molecule has 1 fully saturated rings. The molecule has 1 aromatic rings. The molecule has 2 rings (SSSR count). The number of nitrogens with one attached hydrogen (secondary N) is 2. The third-order valence-electron chi connectivity index (χ3n) is 2.57. The van der Waals surface area contributed by atoms with Crippen molar-refractivity contribution >= 4 is 5.82 Å². The SMILES string of the molecule is N#Cc1cccnc1NC1CCCNC1. The van der Waals surface area contributed by atoms with Crippen LogP contribution in [-0.4, -0.2) is 24.1 Å². The first-order valence-electron chi connectivity index (χ1n) is 5.22. The summed E-state index contributed by atoms with van der Waals surface area (Å²) in [6.45, 7) is 2.03. The number of hydrogen-bond acceptors (Lipinski definition) is 4. The van der Waals surface area contributed by atoms with Gasteiger partial charge in [0, 0.05) is 18.8 Å². The van der Waals surface area contributed by atoms with Crippen LogP contribution in [0, 0.1) is 11.3 Å². The lowest BCUT2D eigenvalue weighted by molar-refractivity contribution is 0.479. The lowest BCUT2D eigenvalue weighted by Crippen LogP contribution is -2.38. The molecule has 2 N–H and O–H groups in total. The molecule has 0 bridgehead atoms. The van der Waals surface area contributed by atoms with Gasteiger partial charge in [0.2, 0.25) is 0 Å².